The van der Waals surface area contributed by atoms with Gasteiger partial charge in [-0.05, 0) is 32.4 Å². The summed E-state index contributed by atoms with van der Waals surface area (Å²) in [6.45, 7) is 3.30. The Hall–Kier alpha value is -1.91. The molecule has 2 N–H and O–H groups in total. The number of hydrogen-bond acceptors (Lipinski definition) is 4. The quantitative estimate of drug-likeness (QED) is 0.839. The van der Waals surface area contributed by atoms with Crippen molar-refractivity contribution >= 4 is 5.97 Å². The number of ether oxygens (including phenoxy) is 2. The number of aliphatic carboxylic acids is 1. The molecule has 0 saturated carbocycles. The zero-order valence-corrected chi connectivity index (χ0v) is 9.69. The van der Waals surface area contributed by atoms with Crippen molar-refractivity contribution in [3.8, 4) is 17.2 Å². The summed E-state index contributed by atoms with van der Waals surface area (Å²) in [6, 6.07) is 3.09. The predicted octanol–water partition coefficient (Wildman–Crippen LogP) is 1.77. The second kappa shape index (κ2) is 3.84. The van der Waals surface area contributed by atoms with E-state index in [1.54, 1.807) is 19.9 Å². The molecule has 0 aliphatic carbocycles. The maximum atomic E-state index is 11.1. The van der Waals surface area contributed by atoms with Crippen LogP contribution in [0, 0.1) is 5.41 Å². The molecule has 0 unspecified atom stereocenters. The summed E-state index contributed by atoms with van der Waals surface area (Å²) in [6.07, 6.45) is 0.181. The highest BCUT2D eigenvalue weighted by molar-refractivity contribution is 5.74. The minimum absolute atomic E-state index is 0.0311. The molecule has 1 heterocycles. The Morgan fingerprint density at radius 3 is 2.76 bits per heavy atom. The number of phenols is 1. The Balaban J connectivity index is 2.39. The van der Waals surface area contributed by atoms with Gasteiger partial charge in [0.25, 0.3) is 0 Å². The minimum Gasteiger partial charge on any atom is -0.508 e. The Bertz CT molecular complexity index is 464. The van der Waals surface area contributed by atoms with Gasteiger partial charge in [-0.3, -0.25) is 4.79 Å². The van der Waals surface area contributed by atoms with E-state index < -0.39 is 11.4 Å². The highest BCUT2D eigenvalue weighted by Crippen LogP contribution is 2.43. The Kier molecular flexibility index (Phi) is 2.61. The number of aromatic hydroxyl groups is 1. The summed E-state index contributed by atoms with van der Waals surface area (Å²) in [4.78, 5) is 11.1. The molecule has 1 aliphatic rings. The molecule has 5 nitrogen and oxygen atoms in total. The van der Waals surface area contributed by atoms with Gasteiger partial charge >= 0.3 is 5.97 Å². The fraction of sp³-hybridized carbons (Fsp3) is 0.417. The van der Waals surface area contributed by atoms with Crippen LogP contribution >= 0.6 is 0 Å². The van der Waals surface area contributed by atoms with Gasteiger partial charge in [-0.15, -0.1) is 0 Å². The van der Waals surface area contributed by atoms with Gasteiger partial charge in [0.15, 0.2) is 11.5 Å². The number of phenolic OH excluding ortho intramolecular Hbond substituents is 1. The molecule has 5 heteroatoms. The smallest absolute Gasteiger partial charge is 0.309 e. The summed E-state index contributed by atoms with van der Waals surface area (Å²) in [5.41, 5.74) is -0.495. The van der Waals surface area contributed by atoms with Crippen LogP contribution in [-0.2, 0) is 11.2 Å². The molecule has 1 aromatic rings. The predicted molar refractivity (Wildman–Crippen MR) is 59.4 cm³/mol. The van der Waals surface area contributed by atoms with Crippen molar-refractivity contribution in [2.45, 2.75) is 20.3 Å². The summed E-state index contributed by atoms with van der Waals surface area (Å²) >= 11 is 0. The third-order valence-electron chi connectivity index (χ3n) is 2.82. The number of carboxylic acid groups (broad SMARTS) is 1. The summed E-state index contributed by atoms with van der Waals surface area (Å²) in [7, 11) is 0. The monoisotopic (exact) mass is 238 g/mol. The van der Waals surface area contributed by atoms with E-state index in [0.29, 0.717) is 17.1 Å². The molecule has 0 aromatic heterocycles. The maximum Gasteiger partial charge on any atom is 0.309 e. The molecule has 0 spiro atoms. The average molecular weight is 238 g/mol. The van der Waals surface area contributed by atoms with E-state index in [9.17, 15) is 9.90 Å². The summed E-state index contributed by atoms with van der Waals surface area (Å²) in [5.74, 6) is 0.0929. The van der Waals surface area contributed by atoms with Crippen molar-refractivity contribution in [2.75, 3.05) is 6.79 Å². The highest BCUT2D eigenvalue weighted by atomic mass is 16.7. The third-order valence-corrected chi connectivity index (χ3v) is 2.82. The van der Waals surface area contributed by atoms with Gasteiger partial charge in [-0.2, -0.15) is 0 Å². The lowest BCUT2D eigenvalue weighted by Gasteiger charge is -2.20. The topological polar surface area (TPSA) is 76.0 Å². The molecule has 0 saturated heterocycles. The number of carbonyl (C=O) groups is 1. The first-order valence-electron chi connectivity index (χ1n) is 5.25. The Morgan fingerprint density at radius 1 is 1.41 bits per heavy atom. The number of hydrogen-bond donors (Lipinski definition) is 2. The van der Waals surface area contributed by atoms with Gasteiger partial charge in [0.05, 0.1) is 5.41 Å². The molecule has 1 aliphatic heterocycles. The van der Waals surface area contributed by atoms with Crippen molar-refractivity contribution in [1.82, 2.24) is 0 Å². The van der Waals surface area contributed by atoms with Crippen LogP contribution in [0.25, 0.3) is 0 Å². The lowest BCUT2D eigenvalue weighted by Crippen LogP contribution is -2.26. The van der Waals surface area contributed by atoms with E-state index in [2.05, 4.69) is 0 Å². The standard InChI is InChI=1S/C12H14O5/c1-12(2,11(14)15)5-7-8(13)3-4-9-10(7)17-6-16-9/h3-4,13H,5-6H2,1-2H3,(H,14,15). The van der Waals surface area contributed by atoms with Crippen molar-refractivity contribution in [3.63, 3.8) is 0 Å². The van der Waals surface area contributed by atoms with Gasteiger partial charge in [0.1, 0.15) is 5.75 Å². The van der Waals surface area contributed by atoms with Crippen LogP contribution in [-0.4, -0.2) is 23.0 Å². The second-order valence-electron chi connectivity index (χ2n) is 4.66. The van der Waals surface area contributed by atoms with Crippen molar-refractivity contribution in [2.24, 2.45) is 5.41 Å². The first-order valence-corrected chi connectivity index (χ1v) is 5.25. The lowest BCUT2D eigenvalue weighted by molar-refractivity contribution is -0.146. The largest absolute Gasteiger partial charge is 0.508 e. The van der Waals surface area contributed by atoms with Gasteiger partial charge in [0.2, 0.25) is 6.79 Å². The average Bonchev–Trinajstić information content (AvgIpc) is 2.70. The SMILES string of the molecule is CC(C)(Cc1c(O)ccc2c1OCO2)C(=O)O. The van der Waals surface area contributed by atoms with Crippen molar-refractivity contribution in [3.05, 3.63) is 17.7 Å². The van der Waals surface area contributed by atoms with Gasteiger partial charge < -0.3 is 19.7 Å². The molecule has 17 heavy (non-hydrogen) atoms. The van der Waals surface area contributed by atoms with Crippen molar-refractivity contribution < 1.29 is 24.5 Å². The molecular formula is C12H14O5. The molecule has 0 fully saturated rings. The third kappa shape index (κ3) is 2.00. The molecule has 0 radical (unpaired) electrons. The van der Waals surface area contributed by atoms with E-state index in [1.165, 1.54) is 6.07 Å². The van der Waals surface area contributed by atoms with Crippen LogP contribution in [0.4, 0.5) is 0 Å². The van der Waals surface area contributed by atoms with E-state index in [0.717, 1.165) is 0 Å². The lowest BCUT2D eigenvalue weighted by atomic mass is 9.85. The van der Waals surface area contributed by atoms with E-state index in [-0.39, 0.29) is 19.0 Å². The van der Waals surface area contributed by atoms with Gasteiger partial charge in [0, 0.05) is 5.56 Å². The summed E-state index contributed by atoms with van der Waals surface area (Å²) < 4.78 is 10.4. The van der Waals surface area contributed by atoms with E-state index in [1.807, 2.05) is 0 Å². The first kappa shape index (κ1) is 11.6. The number of rotatable bonds is 3. The van der Waals surface area contributed by atoms with Gasteiger partial charge in [-0.25, -0.2) is 0 Å². The molecule has 0 amide bonds. The molecule has 92 valence electrons. The molecule has 0 bridgehead atoms. The second-order valence-corrected chi connectivity index (χ2v) is 4.66. The van der Waals surface area contributed by atoms with Crippen LogP contribution in [0.3, 0.4) is 0 Å². The van der Waals surface area contributed by atoms with Gasteiger partial charge in [-0.1, -0.05) is 0 Å². The van der Waals surface area contributed by atoms with Crippen LogP contribution in [0.2, 0.25) is 0 Å². The molecular weight excluding hydrogens is 224 g/mol. The normalized spacial score (nSPS) is 13.8. The molecule has 0 atom stereocenters. The van der Waals surface area contributed by atoms with Crippen LogP contribution < -0.4 is 9.47 Å². The van der Waals surface area contributed by atoms with Crippen LogP contribution in [0.1, 0.15) is 19.4 Å². The van der Waals surface area contributed by atoms with E-state index in [4.69, 9.17) is 14.6 Å². The number of benzene rings is 1. The molecule has 2 rings (SSSR count). The molecule has 1 aromatic carbocycles. The number of carboxylic acids is 1. The van der Waals surface area contributed by atoms with Crippen LogP contribution in [0.15, 0.2) is 12.1 Å². The maximum absolute atomic E-state index is 11.1. The fourth-order valence-electron chi connectivity index (χ4n) is 1.71. The fourth-order valence-corrected chi connectivity index (χ4v) is 1.71. The zero-order valence-electron chi connectivity index (χ0n) is 9.69. The minimum atomic E-state index is -0.974. The zero-order chi connectivity index (χ0) is 12.6. The first-order chi connectivity index (χ1) is 7.92. The number of fused-ring (bicyclic) bond motifs is 1. The summed E-state index contributed by atoms with van der Waals surface area (Å²) in [5, 5.41) is 18.9. The van der Waals surface area contributed by atoms with Crippen molar-refractivity contribution in [1.29, 1.82) is 0 Å². The Labute approximate surface area is 98.6 Å². The highest BCUT2D eigenvalue weighted by Gasteiger charge is 2.32. The van der Waals surface area contributed by atoms with E-state index >= 15 is 0 Å². The van der Waals surface area contributed by atoms with Crippen LogP contribution in [0.5, 0.6) is 17.2 Å². The Morgan fingerprint density at radius 2 is 2.12 bits per heavy atom.